The van der Waals surface area contributed by atoms with Crippen LogP contribution in [0.2, 0.25) is 5.02 Å². The van der Waals surface area contributed by atoms with Gasteiger partial charge in [0.2, 0.25) is 6.29 Å². The summed E-state index contributed by atoms with van der Waals surface area (Å²) in [6.45, 7) is -0.517. The summed E-state index contributed by atoms with van der Waals surface area (Å²) in [5.74, 6) is 0.0997. The molecule has 2 heterocycles. The summed E-state index contributed by atoms with van der Waals surface area (Å²) in [6.07, 6.45) is 0.913. The molecule has 14 heteroatoms. The molecule has 257 valence electrons. The summed E-state index contributed by atoms with van der Waals surface area (Å²) >= 11 is 7.13. The normalized spacial score (nSPS) is 38.1. The molecule has 6 aliphatic rings. The van der Waals surface area contributed by atoms with Crippen LogP contribution in [0.25, 0.3) is 6.08 Å². The molecule has 0 aromatic heterocycles. The van der Waals surface area contributed by atoms with Gasteiger partial charge in [-0.15, -0.1) is 0 Å². The van der Waals surface area contributed by atoms with Gasteiger partial charge >= 0.3 is 5.97 Å². The van der Waals surface area contributed by atoms with Crippen molar-refractivity contribution in [3.63, 3.8) is 0 Å². The van der Waals surface area contributed by atoms with E-state index in [1.807, 2.05) is 0 Å². The van der Waals surface area contributed by atoms with Crippen molar-refractivity contribution in [1.82, 2.24) is 0 Å². The van der Waals surface area contributed by atoms with E-state index in [1.54, 1.807) is 43.5 Å². The first-order chi connectivity index (χ1) is 22.6. The van der Waals surface area contributed by atoms with Crippen LogP contribution in [0.15, 0.2) is 42.5 Å². The summed E-state index contributed by atoms with van der Waals surface area (Å²) in [5.41, 5.74) is 1.05. The van der Waals surface area contributed by atoms with Crippen molar-refractivity contribution in [2.75, 3.05) is 13.7 Å². The first kappa shape index (κ1) is 36.1. The van der Waals surface area contributed by atoms with E-state index >= 15 is 0 Å². The van der Waals surface area contributed by atoms with E-state index in [1.165, 1.54) is 12.5 Å². The molecule has 12 nitrogen and oxygen atoms in total. The monoisotopic (exact) mass is 763 g/mol. The van der Waals surface area contributed by atoms with E-state index in [4.69, 9.17) is 40.3 Å². The van der Waals surface area contributed by atoms with Crippen molar-refractivity contribution >= 4 is 23.6 Å². The molecule has 48 heavy (non-hydrogen) atoms. The first-order valence-corrected chi connectivity index (χ1v) is 16.3. The number of aliphatic hydroxyl groups excluding tert-OH is 4. The molecule has 1 spiro atoms. The smallest absolute Gasteiger partial charge is 0.328 e. The third-order valence-electron chi connectivity index (χ3n) is 10.7. The summed E-state index contributed by atoms with van der Waals surface area (Å²) in [4.78, 5) is 23.4. The Labute approximate surface area is 307 Å². The van der Waals surface area contributed by atoms with Gasteiger partial charge in [-0.1, -0.05) is 35.9 Å². The van der Waals surface area contributed by atoms with Crippen LogP contribution in [0.1, 0.15) is 48.8 Å². The van der Waals surface area contributed by atoms with E-state index < -0.39 is 54.7 Å². The third kappa shape index (κ3) is 5.94. The number of ether oxygens (including phenoxy) is 4. The van der Waals surface area contributed by atoms with Crippen LogP contribution in [0.4, 0.5) is 0 Å². The Hall–Kier alpha value is -1.68. The molecule has 2 aliphatic heterocycles. The summed E-state index contributed by atoms with van der Waals surface area (Å²) in [5, 5.41) is 49.3. The number of carboxylic acids is 1. The number of rotatable bonds is 10. The Bertz CT molecular complexity index is 1490. The molecule has 1 radical (unpaired) electrons. The molecular weight excluding hydrogens is 725 g/mol. The van der Waals surface area contributed by atoms with Crippen LogP contribution in [-0.4, -0.2) is 81.5 Å². The van der Waals surface area contributed by atoms with Gasteiger partial charge in [-0.2, -0.15) is 4.89 Å². The minimum absolute atomic E-state index is 0. The molecule has 3 unspecified atom stereocenters. The number of methoxy groups -OCH3 is 1. The minimum atomic E-state index is -1.56. The zero-order valence-electron chi connectivity index (χ0n) is 26.3. The number of halogens is 1. The Morgan fingerprint density at radius 3 is 2.19 bits per heavy atom. The SMILES string of the molecule is COC1(c2ccc(/C=C/C(=O)O)c(OCc3ccc(O[C@@H]4OC(CO)[C@H](O)[C@H](O)C4O)cc3)c2Cl)OOC12C1CC3CC(C1)CC2C3.[Y]. The van der Waals surface area contributed by atoms with Gasteiger partial charge in [0.1, 0.15) is 42.5 Å². The molecule has 2 aromatic rings. The van der Waals surface area contributed by atoms with E-state index in [0.717, 1.165) is 31.8 Å². The number of benzene rings is 2. The molecule has 8 rings (SSSR count). The number of hydrogen-bond acceptors (Lipinski definition) is 11. The summed E-state index contributed by atoms with van der Waals surface area (Å²) in [6, 6.07) is 10.2. The maximum atomic E-state index is 11.4. The minimum Gasteiger partial charge on any atom is -0.487 e. The molecule has 4 aliphatic carbocycles. The standard InChI is InChI=1S/C34H39ClO12.Y/c1-42-34(33(46-47-34)21-11-18-10-19(13-21)14-22(33)12-18)24-8-4-20(5-9-26(37)38)31(27(24)35)43-16-17-2-6-23(7-3-17)44-32-30(41)29(40)28(39)25(15-36)45-32;/h2-9,18-19,21-22,25,28-30,32,36,39-41H,10-16H2,1H3,(H,37,38);/b9-5+;/t18?,19?,21?,22?,25?,28-,29-,30?,32+,33?,34?;/m0./s1. The predicted octanol–water partition coefficient (Wildman–Crippen LogP) is 3.15. The van der Waals surface area contributed by atoms with Crippen molar-refractivity contribution in [2.24, 2.45) is 23.7 Å². The van der Waals surface area contributed by atoms with Gasteiger partial charge in [0.25, 0.3) is 5.79 Å². The second-order valence-corrected chi connectivity index (χ2v) is 13.7. The van der Waals surface area contributed by atoms with Crippen molar-refractivity contribution in [1.29, 1.82) is 0 Å². The Morgan fingerprint density at radius 2 is 1.62 bits per heavy atom. The van der Waals surface area contributed by atoms with Crippen LogP contribution in [0.5, 0.6) is 11.5 Å². The summed E-state index contributed by atoms with van der Waals surface area (Å²) in [7, 11) is 1.60. The molecule has 6 fully saturated rings. The average Bonchev–Trinajstić information content (AvgIpc) is 3.04. The van der Waals surface area contributed by atoms with Crippen LogP contribution >= 0.6 is 11.6 Å². The zero-order valence-corrected chi connectivity index (χ0v) is 29.9. The van der Waals surface area contributed by atoms with Crippen LogP contribution in [-0.2, 0) is 69.1 Å². The Balaban J connectivity index is 0.00000401. The van der Waals surface area contributed by atoms with Crippen LogP contribution in [0.3, 0.4) is 0 Å². The average molecular weight is 764 g/mol. The van der Waals surface area contributed by atoms with Gasteiger partial charge in [0.05, 0.1) is 11.6 Å². The van der Waals surface area contributed by atoms with E-state index in [2.05, 4.69) is 0 Å². The molecule has 6 atom stereocenters. The Kier molecular flexibility index (Phi) is 10.7. The van der Waals surface area contributed by atoms with Gasteiger partial charge in [0, 0.05) is 57.0 Å². The number of carboxylic acid groups (broad SMARTS) is 1. The second-order valence-electron chi connectivity index (χ2n) is 13.3. The van der Waals surface area contributed by atoms with Crippen molar-refractivity contribution < 1.29 is 91.8 Å². The van der Waals surface area contributed by atoms with E-state index in [0.29, 0.717) is 34.3 Å². The van der Waals surface area contributed by atoms with Crippen molar-refractivity contribution in [2.45, 2.75) is 80.8 Å². The molecule has 2 saturated heterocycles. The Morgan fingerprint density at radius 1 is 0.958 bits per heavy atom. The van der Waals surface area contributed by atoms with Crippen molar-refractivity contribution in [3.8, 4) is 11.5 Å². The van der Waals surface area contributed by atoms with Gasteiger partial charge in [-0.05, 0) is 79.5 Å². The molecule has 2 aromatic carbocycles. The third-order valence-corrected chi connectivity index (χ3v) is 11.1. The number of aliphatic hydroxyl groups is 4. The van der Waals surface area contributed by atoms with Gasteiger partial charge in [0.15, 0.2) is 5.60 Å². The maximum absolute atomic E-state index is 11.4. The van der Waals surface area contributed by atoms with Gasteiger partial charge in [-0.25, -0.2) is 9.68 Å². The summed E-state index contributed by atoms with van der Waals surface area (Å²) < 4.78 is 23.6. The second kappa shape index (κ2) is 14.2. The first-order valence-electron chi connectivity index (χ1n) is 15.9. The van der Waals surface area contributed by atoms with Gasteiger partial charge < -0.3 is 44.5 Å². The number of aliphatic carboxylic acids is 1. The largest absolute Gasteiger partial charge is 0.487 e. The van der Waals surface area contributed by atoms with Crippen molar-refractivity contribution in [3.05, 3.63) is 64.2 Å². The fraction of sp³-hybridized carbons (Fsp3) is 0.559. The molecular formula is C34H39ClO12Y. The van der Waals surface area contributed by atoms with Crippen LogP contribution in [0, 0.1) is 23.7 Å². The predicted molar refractivity (Wildman–Crippen MR) is 164 cm³/mol. The van der Waals surface area contributed by atoms with E-state index in [-0.39, 0.29) is 61.9 Å². The zero-order chi connectivity index (χ0) is 33.1. The fourth-order valence-corrected chi connectivity index (χ4v) is 9.06. The maximum Gasteiger partial charge on any atom is 0.328 e. The topological polar surface area (TPSA) is 174 Å². The number of hydrogen-bond donors (Lipinski definition) is 5. The van der Waals surface area contributed by atoms with E-state index in [9.17, 15) is 30.3 Å². The van der Waals surface area contributed by atoms with Gasteiger partial charge in [-0.3, -0.25) is 0 Å². The molecule has 4 bridgehead atoms. The fourth-order valence-electron chi connectivity index (χ4n) is 8.71. The molecule has 4 saturated carbocycles. The number of carbonyl (C=O) groups is 1. The molecule has 5 N–H and O–H groups in total. The molecule has 0 amide bonds. The quantitative estimate of drug-likeness (QED) is 0.177. The van der Waals surface area contributed by atoms with Crippen LogP contribution < -0.4 is 9.47 Å².